The molecule has 0 N–H and O–H groups in total. The summed E-state index contributed by atoms with van der Waals surface area (Å²) in [6.45, 7) is 2.05. The Hall–Kier alpha value is -2.79. The Morgan fingerprint density at radius 1 is 0.933 bits per heavy atom. The van der Waals surface area contributed by atoms with E-state index < -0.39 is 0 Å². The van der Waals surface area contributed by atoms with E-state index in [9.17, 15) is 9.59 Å². The van der Waals surface area contributed by atoms with Crippen LogP contribution in [-0.2, 0) is 6.54 Å². The number of hydrogen-bond acceptors (Lipinski definition) is 3. The average Bonchev–Trinajstić information content (AvgIpc) is 2.80. The Kier molecular flexibility index (Phi) is 4.99. The Morgan fingerprint density at radius 3 is 2.43 bits per heavy atom. The van der Waals surface area contributed by atoms with Gasteiger partial charge < -0.3 is 9.47 Å². The van der Waals surface area contributed by atoms with Crippen LogP contribution >= 0.6 is 11.8 Å². The van der Waals surface area contributed by atoms with Crippen LogP contribution < -0.4 is 5.56 Å². The topological polar surface area (TPSA) is 42.3 Å². The van der Waals surface area contributed by atoms with Gasteiger partial charge in [0.2, 0.25) is 0 Å². The summed E-state index contributed by atoms with van der Waals surface area (Å²) in [5.74, 6) is 0.577. The summed E-state index contributed by atoms with van der Waals surface area (Å²) < 4.78 is 1.96. The number of carbonyl (C=O) groups is 1. The lowest BCUT2D eigenvalue weighted by atomic mass is 9.80. The number of piperidine rings is 1. The first-order valence-corrected chi connectivity index (χ1v) is 11.6. The highest BCUT2D eigenvalue weighted by molar-refractivity contribution is 7.98. The van der Waals surface area contributed by atoms with Gasteiger partial charge >= 0.3 is 0 Å². The summed E-state index contributed by atoms with van der Waals surface area (Å²) in [6, 6.07) is 21.7. The molecule has 1 aromatic heterocycles. The maximum Gasteiger partial charge on any atom is 0.253 e. The third-order valence-electron chi connectivity index (χ3n) is 6.30. The van der Waals surface area contributed by atoms with Gasteiger partial charge in [0.25, 0.3) is 11.5 Å². The van der Waals surface area contributed by atoms with Crippen LogP contribution in [0, 0.1) is 5.92 Å². The summed E-state index contributed by atoms with van der Waals surface area (Å²) in [7, 11) is 0. The average molecular weight is 417 g/mol. The minimum absolute atomic E-state index is 0.0621. The van der Waals surface area contributed by atoms with Gasteiger partial charge in [0.1, 0.15) is 0 Å². The molecule has 1 saturated heterocycles. The molecule has 5 heteroatoms. The molecule has 4 nitrogen and oxygen atoms in total. The normalized spacial score (nSPS) is 20.0. The molecule has 2 aliphatic heterocycles. The second-order valence-electron chi connectivity index (χ2n) is 8.18. The van der Waals surface area contributed by atoms with Crippen molar-refractivity contribution >= 4 is 17.7 Å². The van der Waals surface area contributed by atoms with Gasteiger partial charge in [-0.05, 0) is 54.5 Å². The highest BCUT2D eigenvalue weighted by atomic mass is 32.2. The maximum absolute atomic E-state index is 13.1. The van der Waals surface area contributed by atoms with Crippen molar-refractivity contribution in [2.75, 3.05) is 19.3 Å². The highest BCUT2D eigenvalue weighted by Crippen LogP contribution is 2.40. The van der Waals surface area contributed by atoms with Crippen molar-refractivity contribution in [2.24, 2.45) is 5.92 Å². The predicted molar refractivity (Wildman–Crippen MR) is 121 cm³/mol. The Labute approximate surface area is 180 Å². The van der Waals surface area contributed by atoms with E-state index in [1.807, 2.05) is 45.9 Å². The number of nitrogens with zero attached hydrogens (tertiary/aromatic N) is 2. The molecular weight excluding hydrogens is 392 g/mol. The molecule has 152 valence electrons. The van der Waals surface area contributed by atoms with E-state index in [4.69, 9.17) is 0 Å². The molecule has 2 bridgehead atoms. The third-order valence-corrected chi connectivity index (χ3v) is 7.04. The number of carbonyl (C=O) groups excluding carboxylic acids is 1. The van der Waals surface area contributed by atoms with Crippen molar-refractivity contribution in [2.45, 2.75) is 23.8 Å². The largest absolute Gasteiger partial charge is 0.338 e. The molecule has 0 unspecified atom stereocenters. The van der Waals surface area contributed by atoms with Crippen molar-refractivity contribution in [3.8, 4) is 11.1 Å². The van der Waals surface area contributed by atoms with Gasteiger partial charge in [0, 0.05) is 53.3 Å². The summed E-state index contributed by atoms with van der Waals surface area (Å²) in [4.78, 5) is 29.0. The van der Waals surface area contributed by atoms with E-state index in [1.165, 1.54) is 4.90 Å². The van der Waals surface area contributed by atoms with Gasteiger partial charge in [0.15, 0.2) is 0 Å². The van der Waals surface area contributed by atoms with E-state index in [1.54, 1.807) is 17.8 Å². The number of rotatable bonds is 3. The van der Waals surface area contributed by atoms with E-state index in [0.29, 0.717) is 25.6 Å². The summed E-state index contributed by atoms with van der Waals surface area (Å²) in [5.41, 5.74) is 4.12. The monoisotopic (exact) mass is 416 g/mol. The van der Waals surface area contributed by atoms with E-state index in [-0.39, 0.29) is 17.4 Å². The smallest absolute Gasteiger partial charge is 0.253 e. The SMILES string of the molecule is CSc1ccc(-c2ccc(=O)n3c2[C@H]2C[C@@H](CN(C(=O)c4ccccc4)C2)C3)cc1. The molecule has 3 aromatic rings. The van der Waals surface area contributed by atoms with Crippen LogP contribution in [0.15, 0.2) is 76.4 Å². The van der Waals surface area contributed by atoms with E-state index in [2.05, 4.69) is 30.5 Å². The zero-order valence-corrected chi connectivity index (χ0v) is 17.8. The molecule has 0 radical (unpaired) electrons. The van der Waals surface area contributed by atoms with Gasteiger partial charge in [-0.2, -0.15) is 0 Å². The van der Waals surface area contributed by atoms with E-state index in [0.717, 1.165) is 28.8 Å². The van der Waals surface area contributed by atoms with Gasteiger partial charge in [-0.25, -0.2) is 0 Å². The number of amides is 1. The summed E-state index contributed by atoms with van der Waals surface area (Å²) in [5, 5.41) is 0. The second kappa shape index (κ2) is 7.80. The molecular formula is C25H24N2O2S. The van der Waals surface area contributed by atoms with Crippen LogP contribution in [0.2, 0.25) is 0 Å². The lowest BCUT2D eigenvalue weighted by Crippen LogP contribution is -2.49. The minimum Gasteiger partial charge on any atom is -0.338 e. The predicted octanol–water partition coefficient (Wildman–Crippen LogP) is 4.50. The molecule has 2 aromatic carbocycles. The molecule has 1 amide bonds. The Bertz CT molecular complexity index is 1140. The fourth-order valence-corrected chi connectivity index (χ4v) is 5.37. The van der Waals surface area contributed by atoms with Crippen LogP contribution in [0.3, 0.4) is 0 Å². The van der Waals surface area contributed by atoms with Crippen LogP contribution in [0.1, 0.15) is 28.4 Å². The molecule has 5 rings (SSSR count). The maximum atomic E-state index is 13.1. The third kappa shape index (κ3) is 3.37. The summed E-state index contributed by atoms with van der Waals surface area (Å²) in [6.07, 6.45) is 3.09. The van der Waals surface area contributed by atoms with Crippen molar-refractivity contribution in [1.82, 2.24) is 9.47 Å². The second-order valence-corrected chi connectivity index (χ2v) is 9.06. The molecule has 30 heavy (non-hydrogen) atoms. The number of aromatic nitrogens is 1. The Balaban J connectivity index is 1.53. The molecule has 2 atom stereocenters. The fraction of sp³-hybridized carbons (Fsp3) is 0.280. The number of hydrogen-bond donors (Lipinski definition) is 0. The van der Waals surface area contributed by atoms with Crippen molar-refractivity contribution < 1.29 is 4.79 Å². The van der Waals surface area contributed by atoms with Crippen molar-refractivity contribution in [3.05, 3.63) is 88.3 Å². The number of thioether (sulfide) groups is 1. The van der Waals surface area contributed by atoms with Crippen LogP contribution in [0.4, 0.5) is 0 Å². The minimum atomic E-state index is 0.0621. The highest BCUT2D eigenvalue weighted by Gasteiger charge is 2.38. The van der Waals surface area contributed by atoms with Crippen LogP contribution in [0.25, 0.3) is 11.1 Å². The first-order valence-electron chi connectivity index (χ1n) is 10.4. The molecule has 3 heterocycles. The van der Waals surface area contributed by atoms with Gasteiger partial charge in [0.05, 0.1) is 0 Å². The van der Waals surface area contributed by atoms with Crippen LogP contribution in [-0.4, -0.2) is 34.7 Å². The standard InChI is InChI=1S/C25H24N2O2S/c1-30-21-9-7-18(8-10-21)22-11-12-23(28)27-15-17-13-20(24(22)27)16-26(14-17)25(29)19-5-3-2-4-6-19/h2-12,17,20H,13-16H2,1H3/t17-,20-/m0/s1. The zero-order chi connectivity index (χ0) is 20.7. The lowest BCUT2D eigenvalue weighted by Gasteiger charge is -2.43. The molecule has 2 aliphatic rings. The van der Waals surface area contributed by atoms with Gasteiger partial charge in [-0.3, -0.25) is 9.59 Å². The molecule has 0 saturated carbocycles. The molecule has 1 fully saturated rings. The first kappa shape index (κ1) is 19.2. The van der Waals surface area contributed by atoms with Gasteiger partial charge in [-0.15, -0.1) is 11.8 Å². The van der Waals surface area contributed by atoms with Crippen LogP contribution in [0.5, 0.6) is 0 Å². The molecule has 0 aliphatic carbocycles. The lowest BCUT2D eigenvalue weighted by molar-refractivity contribution is 0.0595. The van der Waals surface area contributed by atoms with E-state index >= 15 is 0 Å². The first-order chi connectivity index (χ1) is 14.6. The number of likely N-dealkylation sites (tertiary alicyclic amines) is 1. The quantitative estimate of drug-likeness (QED) is 0.591. The Morgan fingerprint density at radius 2 is 1.70 bits per heavy atom. The van der Waals surface area contributed by atoms with Gasteiger partial charge in [-0.1, -0.05) is 30.3 Å². The fourth-order valence-electron chi connectivity index (χ4n) is 4.96. The van der Waals surface area contributed by atoms with Crippen molar-refractivity contribution in [1.29, 1.82) is 0 Å². The number of fused-ring (bicyclic) bond motifs is 4. The number of benzene rings is 2. The van der Waals surface area contributed by atoms with Crippen molar-refractivity contribution in [3.63, 3.8) is 0 Å². The number of pyridine rings is 1. The molecule has 0 spiro atoms. The zero-order valence-electron chi connectivity index (χ0n) is 17.0. The summed E-state index contributed by atoms with van der Waals surface area (Å²) >= 11 is 1.72.